The van der Waals surface area contributed by atoms with Crippen LogP contribution in [0.15, 0.2) is 58.5 Å². The summed E-state index contributed by atoms with van der Waals surface area (Å²) in [5.74, 6) is 0. The maximum Gasteiger partial charge on any atom is 0.477 e. The van der Waals surface area contributed by atoms with Gasteiger partial charge in [-0.2, -0.15) is 17.7 Å². The third-order valence-electron chi connectivity index (χ3n) is 4.63. The molecule has 4 rings (SSSR count). The molecule has 0 saturated heterocycles. The van der Waals surface area contributed by atoms with Crippen LogP contribution in [-0.2, 0) is 13.2 Å². The van der Waals surface area contributed by atoms with Crippen molar-refractivity contribution in [1.82, 2.24) is 0 Å². The lowest BCUT2D eigenvalue weighted by atomic mass is 10.1. The Bertz CT molecular complexity index is 1090. The summed E-state index contributed by atoms with van der Waals surface area (Å²) in [5.41, 5.74) is 1.33. The van der Waals surface area contributed by atoms with Crippen molar-refractivity contribution in [3.63, 3.8) is 0 Å². The molecule has 27 heavy (non-hydrogen) atoms. The largest absolute Gasteiger partial charge is 0.477 e. The molecule has 3 aromatic rings. The summed E-state index contributed by atoms with van der Waals surface area (Å²) >= 11 is 7.59. The molecule has 0 aliphatic carbocycles. The van der Waals surface area contributed by atoms with E-state index in [2.05, 4.69) is 0 Å². The third kappa shape index (κ3) is 3.17. The summed E-state index contributed by atoms with van der Waals surface area (Å²) in [7, 11) is 3.33. The molecule has 2 nitrogen and oxygen atoms in total. The van der Waals surface area contributed by atoms with Gasteiger partial charge in [0.15, 0.2) is 0 Å². The van der Waals surface area contributed by atoms with Crippen molar-refractivity contribution in [3.8, 4) is 0 Å². The van der Waals surface area contributed by atoms with Gasteiger partial charge in [0.05, 0.1) is 16.1 Å². The molecule has 1 aliphatic rings. The molecule has 0 atom stereocenters. The Morgan fingerprint density at radius 1 is 1.11 bits per heavy atom. The molecule has 1 aliphatic heterocycles. The van der Waals surface area contributed by atoms with Crippen LogP contribution in [0.1, 0.15) is 11.3 Å². The summed E-state index contributed by atoms with van der Waals surface area (Å²) in [6.45, 7) is 0. The molecule has 0 bridgehead atoms. The number of thioether (sulfide) groups is 1. The van der Waals surface area contributed by atoms with Crippen LogP contribution in [0.4, 0.5) is 18.9 Å². The van der Waals surface area contributed by atoms with Crippen molar-refractivity contribution in [2.24, 2.45) is 7.05 Å². The number of fused-ring (bicyclic) bond motifs is 2. The number of anilines is 1. The van der Waals surface area contributed by atoms with Crippen molar-refractivity contribution >= 4 is 46.0 Å². The van der Waals surface area contributed by atoms with Crippen LogP contribution in [0.2, 0.25) is 5.02 Å². The Labute approximate surface area is 163 Å². The number of rotatable bonds is 1. The molecule has 0 N–H and O–H groups in total. The van der Waals surface area contributed by atoms with E-state index in [-0.39, 0.29) is 0 Å². The maximum absolute atomic E-state index is 13.5. The minimum atomic E-state index is -4.43. The van der Waals surface area contributed by atoms with Crippen LogP contribution in [-0.4, -0.2) is 7.05 Å². The van der Waals surface area contributed by atoms with E-state index in [0.717, 1.165) is 21.0 Å². The number of pyridine rings is 1. The number of hydrogen-bond donors (Lipinski definition) is 0. The van der Waals surface area contributed by atoms with E-state index in [1.165, 1.54) is 29.4 Å². The molecular weight excluding hydrogens is 393 g/mol. The molecule has 0 fully saturated rings. The van der Waals surface area contributed by atoms with E-state index in [1.807, 2.05) is 42.3 Å². The van der Waals surface area contributed by atoms with Crippen LogP contribution < -0.4 is 9.47 Å². The van der Waals surface area contributed by atoms with Gasteiger partial charge in [0, 0.05) is 29.1 Å². The van der Waals surface area contributed by atoms with Crippen molar-refractivity contribution in [2.75, 3.05) is 11.9 Å². The van der Waals surface area contributed by atoms with Crippen LogP contribution in [0.5, 0.6) is 0 Å². The number of benzene rings is 2. The molecule has 0 spiro atoms. The number of hydrogen-bond acceptors (Lipinski definition) is 2. The van der Waals surface area contributed by atoms with Crippen LogP contribution >= 0.6 is 23.4 Å². The fourth-order valence-electron chi connectivity index (χ4n) is 3.25. The van der Waals surface area contributed by atoms with Gasteiger partial charge in [-0.25, -0.2) is 0 Å². The first-order valence-electron chi connectivity index (χ1n) is 8.17. The Morgan fingerprint density at radius 2 is 1.85 bits per heavy atom. The van der Waals surface area contributed by atoms with Crippen LogP contribution in [0.3, 0.4) is 0 Å². The van der Waals surface area contributed by atoms with Gasteiger partial charge in [0.25, 0.3) is 5.69 Å². The molecule has 0 saturated carbocycles. The van der Waals surface area contributed by atoms with E-state index in [1.54, 1.807) is 18.2 Å². The zero-order valence-corrected chi connectivity index (χ0v) is 16.1. The Hall–Kier alpha value is -2.18. The predicted octanol–water partition coefficient (Wildman–Crippen LogP) is 5.88. The zero-order chi connectivity index (χ0) is 19.3. The minimum Gasteiger partial charge on any atom is -0.338 e. The lowest BCUT2D eigenvalue weighted by Crippen LogP contribution is -2.39. The van der Waals surface area contributed by atoms with E-state index in [0.29, 0.717) is 16.1 Å². The van der Waals surface area contributed by atoms with Gasteiger partial charge >= 0.3 is 6.18 Å². The lowest BCUT2D eigenvalue weighted by molar-refractivity contribution is -0.666. The van der Waals surface area contributed by atoms with E-state index in [9.17, 15) is 13.2 Å². The summed E-state index contributed by atoms with van der Waals surface area (Å²) < 4.78 is 41.8. The van der Waals surface area contributed by atoms with E-state index >= 15 is 0 Å². The van der Waals surface area contributed by atoms with Crippen molar-refractivity contribution in [2.45, 2.75) is 11.1 Å². The highest BCUT2D eigenvalue weighted by Crippen LogP contribution is 2.47. The van der Waals surface area contributed by atoms with Crippen LogP contribution in [0.25, 0.3) is 17.0 Å². The summed E-state index contributed by atoms with van der Waals surface area (Å²) in [4.78, 5) is 2.97. The molecule has 0 amide bonds. The highest BCUT2D eigenvalue weighted by Gasteiger charge is 2.41. The van der Waals surface area contributed by atoms with Gasteiger partial charge in [-0.1, -0.05) is 35.5 Å². The fraction of sp³-hybridized carbons (Fsp3) is 0.150. The van der Waals surface area contributed by atoms with E-state index in [4.69, 9.17) is 11.6 Å². The topological polar surface area (TPSA) is 7.12 Å². The van der Waals surface area contributed by atoms with E-state index < -0.39 is 11.9 Å². The fourth-order valence-corrected chi connectivity index (χ4v) is 4.50. The van der Waals surface area contributed by atoms with Gasteiger partial charge in [-0.15, -0.1) is 0 Å². The summed E-state index contributed by atoms with van der Waals surface area (Å²) in [6.07, 6.45) is -2.63. The number of aryl methyl sites for hydroxylation is 1. The Balaban J connectivity index is 1.90. The average Bonchev–Trinajstić information content (AvgIpc) is 2.92. The van der Waals surface area contributed by atoms with Gasteiger partial charge in [0.2, 0.25) is 5.52 Å². The molecule has 2 heterocycles. The minimum absolute atomic E-state index is 0.532. The quantitative estimate of drug-likeness (QED) is 0.465. The molecule has 7 heteroatoms. The standard InChI is InChI=1S/C20H15ClF3N2S/c1-25-15-6-4-3-5-14(15)12(9-18(25)20(22,23)24)10-19-26(2)16-11-13(21)7-8-17(16)27-19/h3-11H,1-2H3/q+1. The molecule has 0 radical (unpaired) electrons. The Kier molecular flexibility index (Phi) is 4.35. The number of para-hydroxylation sites is 1. The second kappa shape index (κ2) is 6.46. The summed E-state index contributed by atoms with van der Waals surface area (Å²) in [6, 6.07) is 13.9. The maximum atomic E-state index is 13.5. The Morgan fingerprint density at radius 3 is 2.59 bits per heavy atom. The molecule has 0 unspecified atom stereocenters. The normalized spacial score (nSPS) is 15.6. The highest BCUT2D eigenvalue weighted by molar-refractivity contribution is 8.03. The molecule has 2 aromatic carbocycles. The summed E-state index contributed by atoms with van der Waals surface area (Å²) in [5, 5.41) is 2.24. The van der Waals surface area contributed by atoms with Crippen LogP contribution in [0, 0.1) is 0 Å². The lowest BCUT2D eigenvalue weighted by Gasteiger charge is -2.14. The van der Waals surface area contributed by atoms with Gasteiger partial charge in [-0.05, 0) is 35.9 Å². The predicted molar refractivity (Wildman–Crippen MR) is 104 cm³/mol. The smallest absolute Gasteiger partial charge is 0.338 e. The molecule has 138 valence electrons. The first-order valence-corrected chi connectivity index (χ1v) is 9.37. The monoisotopic (exact) mass is 407 g/mol. The number of alkyl halides is 3. The van der Waals surface area contributed by atoms with Gasteiger partial charge < -0.3 is 4.90 Å². The van der Waals surface area contributed by atoms with Crippen molar-refractivity contribution < 1.29 is 17.7 Å². The number of nitrogens with zero attached hydrogens (tertiary/aromatic N) is 2. The second-order valence-corrected chi connectivity index (χ2v) is 7.81. The SMILES string of the molecule is CN1/C(=C\c2cc(C(F)(F)F)[n+](C)c3ccccc23)Sc2ccc(Cl)cc21. The van der Waals surface area contributed by atoms with Crippen molar-refractivity contribution in [1.29, 1.82) is 0 Å². The third-order valence-corrected chi connectivity index (χ3v) is 6.03. The highest BCUT2D eigenvalue weighted by atomic mass is 35.5. The van der Waals surface area contributed by atoms with Gasteiger partial charge in [-0.3, -0.25) is 0 Å². The zero-order valence-electron chi connectivity index (χ0n) is 14.5. The van der Waals surface area contributed by atoms with Crippen molar-refractivity contribution in [3.05, 3.63) is 69.8 Å². The number of aromatic nitrogens is 1. The first-order chi connectivity index (χ1) is 12.8. The number of halogens is 4. The molecule has 1 aromatic heterocycles. The second-order valence-electron chi connectivity index (χ2n) is 6.31. The molecular formula is C20H15ClF3N2S+. The van der Waals surface area contributed by atoms with Gasteiger partial charge in [0.1, 0.15) is 7.05 Å². The average molecular weight is 408 g/mol. The first kappa shape index (κ1) is 18.2.